The first kappa shape index (κ1) is 19.6. The van der Waals surface area contributed by atoms with Gasteiger partial charge in [0.25, 0.3) is 0 Å². The van der Waals surface area contributed by atoms with Gasteiger partial charge in [-0.2, -0.15) is 9.40 Å². The van der Waals surface area contributed by atoms with Crippen LogP contribution in [-0.2, 0) is 26.6 Å². The van der Waals surface area contributed by atoms with Crippen LogP contribution in [0.3, 0.4) is 0 Å². The lowest BCUT2D eigenvalue weighted by Crippen LogP contribution is -2.37. The monoisotopic (exact) mass is 386 g/mol. The molecule has 0 bridgehead atoms. The highest BCUT2D eigenvalue weighted by molar-refractivity contribution is 7.89. The van der Waals surface area contributed by atoms with Crippen LogP contribution in [0.25, 0.3) is 0 Å². The van der Waals surface area contributed by atoms with E-state index in [1.165, 1.54) is 4.31 Å². The van der Waals surface area contributed by atoms with E-state index in [2.05, 4.69) is 14.9 Å². The number of aromatic nitrogens is 2. The molecule has 2 aromatic rings. The van der Waals surface area contributed by atoms with Crippen molar-refractivity contribution in [3.8, 4) is 0 Å². The normalized spacial score (nSPS) is 12.6. The Hall–Kier alpha value is -1.75. The first-order chi connectivity index (χ1) is 11.6. The summed E-state index contributed by atoms with van der Waals surface area (Å²) in [4.78, 5) is 0.0986. The Morgan fingerprint density at radius 2 is 1.76 bits per heavy atom. The van der Waals surface area contributed by atoms with Gasteiger partial charge in [0.05, 0.1) is 17.6 Å². The van der Waals surface area contributed by atoms with Gasteiger partial charge in [0.1, 0.15) is 4.90 Å². The van der Waals surface area contributed by atoms with Crippen LogP contribution < -0.4 is 4.72 Å². The SMILES string of the molecule is Cc1n[nH]c(C)c1S(=O)(=O)NCCN(Cc1ccccc1)S(C)(=O)=O. The average Bonchev–Trinajstić information content (AvgIpc) is 2.86. The molecule has 1 aromatic carbocycles. The van der Waals surface area contributed by atoms with Gasteiger partial charge < -0.3 is 0 Å². The molecule has 0 fully saturated rings. The minimum atomic E-state index is -3.76. The number of benzene rings is 1. The molecule has 0 unspecified atom stereocenters. The van der Waals surface area contributed by atoms with Crippen molar-refractivity contribution < 1.29 is 16.8 Å². The van der Waals surface area contributed by atoms with Crippen LogP contribution in [0.2, 0.25) is 0 Å². The Kier molecular flexibility index (Phi) is 5.99. The van der Waals surface area contributed by atoms with Crippen molar-refractivity contribution in [1.82, 2.24) is 19.2 Å². The fourth-order valence-corrected chi connectivity index (χ4v) is 4.66. The first-order valence-corrected chi connectivity index (χ1v) is 10.9. The molecule has 0 spiro atoms. The summed E-state index contributed by atoms with van der Waals surface area (Å²) in [5, 5.41) is 6.49. The number of H-pyrrole nitrogens is 1. The van der Waals surface area contributed by atoms with E-state index >= 15 is 0 Å². The summed E-state index contributed by atoms with van der Waals surface area (Å²) in [5.41, 5.74) is 1.64. The van der Waals surface area contributed by atoms with Gasteiger partial charge in [-0.15, -0.1) is 0 Å². The number of rotatable bonds is 8. The second-order valence-electron chi connectivity index (χ2n) is 5.74. The number of hydrogen-bond donors (Lipinski definition) is 2. The summed E-state index contributed by atoms with van der Waals surface area (Å²) in [5.74, 6) is 0. The van der Waals surface area contributed by atoms with Crippen LogP contribution in [0.1, 0.15) is 17.0 Å². The molecule has 2 N–H and O–H groups in total. The van der Waals surface area contributed by atoms with Crippen molar-refractivity contribution in [1.29, 1.82) is 0 Å². The van der Waals surface area contributed by atoms with E-state index in [1.807, 2.05) is 30.3 Å². The third-order valence-electron chi connectivity index (χ3n) is 3.65. The molecule has 138 valence electrons. The van der Waals surface area contributed by atoms with Crippen molar-refractivity contribution >= 4 is 20.0 Å². The Balaban J connectivity index is 2.06. The smallest absolute Gasteiger partial charge is 0.244 e. The second-order valence-corrected chi connectivity index (χ2v) is 9.43. The predicted octanol–water partition coefficient (Wildman–Crippen LogP) is 0.767. The average molecular weight is 386 g/mol. The molecule has 2 rings (SSSR count). The number of nitrogens with one attached hydrogen (secondary N) is 2. The zero-order valence-corrected chi connectivity index (χ0v) is 16.0. The third-order valence-corrected chi connectivity index (χ3v) is 6.63. The summed E-state index contributed by atoms with van der Waals surface area (Å²) < 4.78 is 52.4. The number of hydrogen-bond acceptors (Lipinski definition) is 5. The van der Waals surface area contributed by atoms with Gasteiger partial charge in [0.2, 0.25) is 20.0 Å². The Bertz CT molecular complexity index is 902. The molecule has 1 aromatic heterocycles. The lowest BCUT2D eigenvalue weighted by Gasteiger charge is -2.20. The Morgan fingerprint density at radius 1 is 1.12 bits per heavy atom. The van der Waals surface area contributed by atoms with Gasteiger partial charge in [-0.25, -0.2) is 21.6 Å². The maximum atomic E-state index is 12.4. The van der Waals surface area contributed by atoms with Crippen molar-refractivity contribution in [2.24, 2.45) is 0 Å². The molecule has 0 radical (unpaired) electrons. The first-order valence-electron chi connectivity index (χ1n) is 7.61. The highest BCUT2D eigenvalue weighted by atomic mass is 32.2. The molecule has 0 aliphatic heterocycles. The van der Waals surface area contributed by atoms with Gasteiger partial charge in [0, 0.05) is 19.6 Å². The zero-order chi connectivity index (χ0) is 18.7. The van der Waals surface area contributed by atoms with Crippen molar-refractivity contribution in [3.05, 3.63) is 47.3 Å². The van der Waals surface area contributed by atoms with Crippen LogP contribution in [-0.4, -0.2) is 50.7 Å². The van der Waals surface area contributed by atoms with Crippen LogP contribution >= 0.6 is 0 Å². The second kappa shape index (κ2) is 7.65. The molecule has 0 aliphatic rings. The lowest BCUT2D eigenvalue weighted by molar-refractivity contribution is 0.412. The number of aromatic amines is 1. The molecule has 25 heavy (non-hydrogen) atoms. The van der Waals surface area contributed by atoms with Gasteiger partial charge in [-0.05, 0) is 19.4 Å². The maximum absolute atomic E-state index is 12.4. The molecule has 0 aliphatic carbocycles. The molecule has 0 amide bonds. The van der Waals surface area contributed by atoms with E-state index < -0.39 is 20.0 Å². The van der Waals surface area contributed by atoms with Crippen LogP contribution in [0.15, 0.2) is 35.2 Å². The summed E-state index contributed by atoms with van der Waals surface area (Å²) >= 11 is 0. The quantitative estimate of drug-likeness (QED) is 0.696. The fourth-order valence-electron chi connectivity index (χ4n) is 2.46. The number of nitrogens with zero attached hydrogens (tertiary/aromatic N) is 2. The van der Waals surface area contributed by atoms with E-state index in [9.17, 15) is 16.8 Å². The van der Waals surface area contributed by atoms with Crippen LogP contribution in [0.5, 0.6) is 0 Å². The molecule has 0 saturated heterocycles. The molecule has 0 saturated carbocycles. The number of sulfonamides is 2. The zero-order valence-electron chi connectivity index (χ0n) is 14.4. The minimum absolute atomic E-state index is 0.0307. The topological polar surface area (TPSA) is 112 Å². The Morgan fingerprint density at radius 3 is 2.28 bits per heavy atom. The fraction of sp³-hybridized carbons (Fsp3) is 0.400. The maximum Gasteiger partial charge on any atom is 0.244 e. The highest BCUT2D eigenvalue weighted by Gasteiger charge is 2.23. The van der Waals surface area contributed by atoms with Crippen molar-refractivity contribution in [2.45, 2.75) is 25.3 Å². The molecular weight excluding hydrogens is 364 g/mol. The minimum Gasteiger partial charge on any atom is -0.281 e. The van der Waals surface area contributed by atoms with E-state index in [4.69, 9.17) is 0 Å². The molecule has 1 heterocycles. The summed E-state index contributed by atoms with van der Waals surface area (Å²) in [6.07, 6.45) is 1.11. The van der Waals surface area contributed by atoms with Gasteiger partial charge >= 0.3 is 0 Å². The van der Waals surface area contributed by atoms with E-state index in [1.54, 1.807) is 13.8 Å². The van der Waals surface area contributed by atoms with Crippen molar-refractivity contribution in [3.63, 3.8) is 0 Å². The Labute approximate surface area is 148 Å². The standard InChI is InChI=1S/C15H22N4O4S2/c1-12-15(13(2)18-17-12)25(22,23)16-9-10-19(24(3,20)21)11-14-7-5-4-6-8-14/h4-8,16H,9-11H2,1-3H3,(H,17,18). The summed E-state index contributed by atoms with van der Waals surface area (Å²) in [7, 11) is -7.23. The molecular formula is C15H22N4O4S2. The van der Waals surface area contributed by atoms with E-state index in [0.717, 1.165) is 11.8 Å². The van der Waals surface area contributed by atoms with E-state index in [0.29, 0.717) is 11.4 Å². The molecule has 8 nitrogen and oxygen atoms in total. The van der Waals surface area contributed by atoms with Gasteiger partial charge in [-0.3, -0.25) is 5.10 Å². The molecule has 0 atom stereocenters. The predicted molar refractivity (Wildman–Crippen MR) is 94.9 cm³/mol. The highest BCUT2D eigenvalue weighted by Crippen LogP contribution is 2.16. The largest absolute Gasteiger partial charge is 0.281 e. The van der Waals surface area contributed by atoms with E-state index in [-0.39, 0.29) is 24.5 Å². The summed E-state index contributed by atoms with van der Waals surface area (Å²) in [6.45, 7) is 3.39. The van der Waals surface area contributed by atoms with Crippen molar-refractivity contribution in [2.75, 3.05) is 19.3 Å². The third kappa shape index (κ3) is 5.11. The van der Waals surface area contributed by atoms with Crippen LogP contribution in [0.4, 0.5) is 0 Å². The molecule has 10 heteroatoms. The lowest BCUT2D eigenvalue weighted by atomic mass is 10.2. The van der Waals surface area contributed by atoms with Gasteiger partial charge in [0.15, 0.2) is 0 Å². The summed E-state index contributed by atoms with van der Waals surface area (Å²) in [6, 6.07) is 9.13. The van der Waals surface area contributed by atoms with Crippen LogP contribution in [0, 0.1) is 13.8 Å². The number of aryl methyl sites for hydroxylation is 2. The van der Waals surface area contributed by atoms with Gasteiger partial charge in [-0.1, -0.05) is 30.3 Å².